The molecule has 3 aromatic rings. The van der Waals surface area contributed by atoms with Crippen LogP contribution in [0.25, 0.3) is 6.20 Å². The first-order valence-corrected chi connectivity index (χ1v) is 15.6. The summed E-state index contributed by atoms with van der Waals surface area (Å²) < 4.78 is 1.26. The topological polar surface area (TPSA) is 231 Å². The molecule has 2 aromatic heterocycles. The Morgan fingerprint density at radius 2 is 2.02 bits per heavy atom. The summed E-state index contributed by atoms with van der Waals surface area (Å²) >= 11 is 3.43. The lowest BCUT2D eigenvalue weighted by Crippen LogP contribution is -2.71. The number of nitrogens with zero attached hydrogens (tertiary/aromatic N) is 7. The summed E-state index contributed by atoms with van der Waals surface area (Å²) in [5.74, 6) is -3.07. The quantitative estimate of drug-likeness (QED) is 0.0615. The van der Waals surface area contributed by atoms with Crippen LogP contribution in [0.2, 0.25) is 0 Å². The van der Waals surface area contributed by atoms with Crippen molar-refractivity contribution >= 4 is 82.1 Å². The Bertz CT molecular complexity index is 1720. The van der Waals surface area contributed by atoms with E-state index in [1.807, 2.05) is 0 Å². The average Bonchev–Trinajstić information content (AvgIpc) is 3.68. The smallest absolute Gasteiger partial charge is 0.352 e. The van der Waals surface area contributed by atoms with Gasteiger partial charge in [-0.3, -0.25) is 24.1 Å². The van der Waals surface area contributed by atoms with Crippen molar-refractivity contribution in [2.24, 2.45) is 5.16 Å². The first-order valence-electron chi connectivity index (χ1n) is 12.7. The van der Waals surface area contributed by atoms with Gasteiger partial charge in [-0.25, -0.2) is 9.78 Å². The molecule has 232 valence electrons. The number of carboxylic acids is 2. The number of carboxylic acid groups (broad SMARTS) is 2. The van der Waals surface area contributed by atoms with E-state index in [-0.39, 0.29) is 40.2 Å². The molecule has 0 saturated carbocycles. The number of thioether (sulfide) groups is 2. The highest BCUT2D eigenvalue weighted by Gasteiger charge is 2.54. The summed E-state index contributed by atoms with van der Waals surface area (Å²) in [6.45, 7) is 0. The maximum atomic E-state index is 13.4. The van der Waals surface area contributed by atoms with E-state index in [4.69, 9.17) is 9.94 Å². The van der Waals surface area contributed by atoms with Crippen molar-refractivity contribution in [1.82, 2.24) is 35.4 Å². The van der Waals surface area contributed by atoms with Crippen LogP contribution in [0.5, 0.6) is 5.75 Å². The van der Waals surface area contributed by atoms with Gasteiger partial charge in [0.25, 0.3) is 11.8 Å². The van der Waals surface area contributed by atoms with E-state index in [1.54, 1.807) is 30.3 Å². The third kappa shape index (κ3) is 7.19. The molecule has 4 heterocycles. The molecule has 0 spiro atoms. The summed E-state index contributed by atoms with van der Waals surface area (Å²) in [5.41, 5.74) is 0.0605. The van der Waals surface area contributed by atoms with Crippen LogP contribution in [0.3, 0.4) is 0 Å². The molecule has 20 heteroatoms. The van der Waals surface area contributed by atoms with Crippen LogP contribution in [-0.4, -0.2) is 99.1 Å². The molecular weight excluding hydrogens is 651 g/mol. The molecule has 5 rings (SSSR count). The van der Waals surface area contributed by atoms with Gasteiger partial charge in [-0.2, -0.15) is 4.68 Å². The van der Waals surface area contributed by atoms with Gasteiger partial charge >= 0.3 is 11.9 Å². The average molecular weight is 672 g/mol. The number of benzene rings is 1. The Balaban J connectivity index is 1.30. The van der Waals surface area contributed by atoms with Crippen LogP contribution in [0, 0.1) is 0 Å². The molecular formula is C25H21N9O8S3. The van der Waals surface area contributed by atoms with Crippen molar-refractivity contribution in [3.63, 3.8) is 0 Å². The largest absolute Gasteiger partial charge is 0.481 e. The molecule has 3 amide bonds. The molecule has 2 aliphatic rings. The number of aromatic nitrogens is 5. The minimum absolute atomic E-state index is 0.0864. The molecule has 0 bridgehead atoms. The molecule has 2 aliphatic heterocycles. The zero-order valence-corrected chi connectivity index (χ0v) is 25.1. The zero-order chi connectivity index (χ0) is 31.9. The minimum Gasteiger partial charge on any atom is -0.481 e. The van der Waals surface area contributed by atoms with Crippen molar-refractivity contribution < 1.29 is 39.0 Å². The van der Waals surface area contributed by atoms with Gasteiger partial charge in [0.05, 0.1) is 6.42 Å². The Labute approximate surface area is 265 Å². The van der Waals surface area contributed by atoms with Crippen LogP contribution in [-0.2, 0) is 24.0 Å². The third-order valence-corrected chi connectivity index (χ3v) is 9.18. The highest BCUT2D eigenvalue weighted by molar-refractivity contribution is 8.01. The zero-order valence-electron chi connectivity index (χ0n) is 22.7. The number of para-hydroxylation sites is 1. The molecule has 17 nitrogen and oxygen atoms in total. The highest BCUT2D eigenvalue weighted by Crippen LogP contribution is 2.41. The SMILES string of the molecule is O=CNc1nc(C(=NOc2ccccc2)C(=O)NC2C(=O)N3C(C(=O)O)=C(CSc4nnnn4C=CCC(=O)O)CS[C@@H]23)cs1. The van der Waals surface area contributed by atoms with Gasteiger partial charge in [0.15, 0.2) is 16.6 Å². The standard InChI is InChI=1S/C25H21N9O8S3/c35-12-26-24-27-15(11-44-24)17(30-42-14-5-2-1-3-6-14)20(38)28-18-21(39)34-19(23(40)41)13(9-43-22(18)34)10-45-25-29-31-32-33(25)8-4-7-16(36)37/h1-6,8,11-12,18,22H,7,9-10H2,(H,28,38)(H,36,37)(H,40,41)(H,26,27,35)/t18?,22-/m0/s1. The Kier molecular flexibility index (Phi) is 9.85. The van der Waals surface area contributed by atoms with E-state index in [0.29, 0.717) is 22.9 Å². The van der Waals surface area contributed by atoms with E-state index >= 15 is 0 Å². The number of rotatable bonds is 14. The predicted molar refractivity (Wildman–Crippen MR) is 161 cm³/mol. The van der Waals surface area contributed by atoms with Crippen LogP contribution >= 0.6 is 34.9 Å². The van der Waals surface area contributed by atoms with Crippen LogP contribution in [0.1, 0.15) is 12.1 Å². The normalized spacial score (nSPS) is 17.9. The lowest BCUT2D eigenvalue weighted by Gasteiger charge is -2.49. The molecule has 1 fully saturated rings. The fourth-order valence-electron chi connectivity index (χ4n) is 4.07. The molecule has 0 radical (unpaired) electrons. The van der Waals surface area contributed by atoms with Gasteiger partial charge in [-0.15, -0.1) is 28.2 Å². The van der Waals surface area contributed by atoms with Gasteiger partial charge in [0, 0.05) is 23.1 Å². The Morgan fingerprint density at radius 1 is 1.22 bits per heavy atom. The third-order valence-electron chi connectivity index (χ3n) is 6.04. The molecule has 1 unspecified atom stereocenters. The number of oxime groups is 1. The number of thiazole rings is 1. The van der Waals surface area contributed by atoms with Crippen molar-refractivity contribution in [2.75, 3.05) is 16.8 Å². The number of nitrogens with one attached hydrogen (secondary N) is 2. The monoisotopic (exact) mass is 671 g/mol. The van der Waals surface area contributed by atoms with Gasteiger partial charge in [0.2, 0.25) is 11.6 Å². The summed E-state index contributed by atoms with van der Waals surface area (Å²) in [7, 11) is 0. The second-order valence-electron chi connectivity index (χ2n) is 8.94. The number of hydrogen-bond donors (Lipinski definition) is 4. The number of fused-ring (bicyclic) bond motifs is 1. The maximum Gasteiger partial charge on any atom is 0.352 e. The predicted octanol–water partition coefficient (Wildman–Crippen LogP) is 0.957. The summed E-state index contributed by atoms with van der Waals surface area (Å²) in [6, 6.07) is 7.38. The molecule has 2 atom stereocenters. The lowest BCUT2D eigenvalue weighted by atomic mass is 10.0. The van der Waals surface area contributed by atoms with Crippen LogP contribution < -0.4 is 15.5 Å². The molecule has 45 heavy (non-hydrogen) atoms. The number of carbonyl (C=O) groups is 5. The van der Waals surface area contributed by atoms with Crippen molar-refractivity contribution in [2.45, 2.75) is 23.0 Å². The second kappa shape index (κ2) is 14.1. The van der Waals surface area contributed by atoms with Gasteiger partial charge in [-0.1, -0.05) is 41.2 Å². The second-order valence-corrected chi connectivity index (χ2v) is 11.8. The number of carbonyl (C=O) groups excluding carboxylic acids is 3. The first kappa shape index (κ1) is 31.3. The van der Waals surface area contributed by atoms with Gasteiger partial charge < -0.3 is 25.7 Å². The van der Waals surface area contributed by atoms with Crippen LogP contribution in [0.4, 0.5) is 5.13 Å². The van der Waals surface area contributed by atoms with Gasteiger partial charge in [-0.05, 0) is 28.1 Å². The van der Waals surface area contributed by atoms with E-state index in [1.165, 1.54) is 34.1 Å². The van der Waals surface area contributed by atoms with E-state index < -0.39 is 35.2 Å². The van der Waals surface area contributed by atoms with Crippen molar-refractivity contribution in [3.05, 3.63) is 58.8 Å². The fourth-order valence-corrected chi connectivity index (χ4v) is 7.06. The van der Waals surface area contributed by atoms with Crippen LogP contribution in [0.15, 0.2) is 63.4 Å². The Hall–Kier alpha value is -5.08. The summed E-state index contributed by atoms with van der Waals surface area (Å²) in [4.78, 5) is 71.2. The number of β-lactam (4-membered cyclic amide) rings is 1. The van der Waals surface area contributed by atoms with E-state index in [0.717, 1.165) is 28.0 Å². The molecule has 1 saturated heterocycles. The maximum absolute atomic E-state index is 13.4. The van der Waals surface area contributed by atoms with Crippen molar-refractivity contribution in [3.8, 4) is 5.75 Å². The lowest BCUT2D eigenvalue weighted by molar-refractivity contribution is -0.150. The van der Waals surface area contributed by atoms with E-state index in [2.05, 4.69) is 36.3 Å². The first-order chi connectivity index (χ1) is 21.8. The van der Waals surface area contributed by atoms with Gasteiger partial charge in [0.1, 0.15) is 22.8 Å². The number of anilines is 1. The highest BCUT2D eigenvalue weighted by atomic mass is 32.2. The van der Waals surface area contributed by atoms with Crippen molar-refractivity contribution in [1.29, 1.82) is 0 Å². The minimum atomic E-state index is -1.31. The van der Waals surface area contributed by atoms with E-state index in [9.17, 15) is 29.1 Å². The summed E-state index contributed by atoms with van der Waals surface area (Å²) in [6.07, 6.45) is 2.94. The molecule has 1 aromatic carbocycles. The number of tetrazole rings is 1. The Morgan fingerprint density at radius 3 is 2.76 bits per heavy atom. The number of hydrogen-bond acceptors (Lipinski definition) is 14. The molecule has 4 N–H and O–H groups in total. The fraction of sp³-hybridized carbons (Fsp3) is 0.200. The summed E-state index contributed by atoms with van der Waals surface area (Å²) in [5, 5.41) is 40.3. The number of amides is 3. The number of aliphatic carboxylic acids is 2. The molecule has 0 aliphatic carbocycles.